The SMILES string of the molecule is CC(=O)c1cccc(NCC(=O)NCc2ccc(C)cc2)c1. The van der Waals surface area contributed by atoms with Crippen molar-refractivity contribution < 1.29 is 9.59 Å². The summed E-state index contributed by atoms with van der Waals surface area (Å²) in [5, 5.41) is 5.88. The lowest BCUT2D eigenvalue weighted by molar-refractivity contribution is -0.119. The van der Waals surface area contributed by atoms with E-state index in [9.17, 15) is 9.59 Å². The van der Waals surface area contributed by atoms with E-state index < -0.39 is 0 Å². The minimum Gasteiger partial charge on any atom is -0.376 e. The monoisotopic (exact) mass is 296 g/mol. The van der Waals surface area contributed by atoms with Gasteiger partial charge in [0.15, 0.2) is 5.78 Å². The highest BCUT2D eigenvalue weighted by Gasteiger charge is 2.03. The smallest absolute Gasteiger partial charge is 0.239 e. The summed E-state index contributed by atoms with van der Waals surface area (Å²) < 4.78 is 0. The van der Waals surface area contributed by atoms with E-state index in [0.29, 0.717) is 12.1 Å². The maximum atomic E-state index is 11.8. The molecule has 0 heterocycles. The number of carbonyl (C=O) groups is 2. The molecule has 114 valence electrons. The first-order chi connectivity index (χ1) is 10.5. The van der Waals surface area contributed by atoms with Crippen LogP contribution in [0.5, 0.6) is 0 Å². The molecule has 0 atom stereocenters. The molecule has 0 saturated carbocycles. The van der Waals surface area contributed by atoms with Crippen molar-refractivity contribution in [1.82, 2.24) is 5.32 Å². The van der Waals surface area contributed by atoms with Gasteiger partial charge in [-0.15, -0.1) is 0 Å². The molecule has 22 heavy (non-hydrogen) atoms. The predicted molar refractivity (Wildman–Crippen MR) is 88.0 cm³/mol. The van der Waals surface area contributed by atoms with Crippen LogP contribution < -0.4 is 10.6 Å². The Morgan fingerprint density at radius 2 is 1.77 bits per heavy atom. The number of benzene rings is 2. The molecule has 0 spiro atoms. The fraction of sp³-hybridized carbons (Fsp3) is 0.222. The number of carbonyl (C=O) groups excluding carboxylic acids is 2. The van der Waals surface area contributed by atoms with Crippen molar-refractivity contribution in [3.05, 3.63) is 65.2 Å². The van der Waals surface area contributed by atoms with Crippen LogP contribution in [0.4, 0.5) is 5.69 Å². The third-order valence-corrected chi connectivity index (χ3v) is 3.33. The van der Waals surface area contributed by atoms with Gasteiger partial charge in [0.05, 0.1) is 6.54 Å². The van der Waals surface area contributed by atoms with Gasteiger partial charge in [0.1, 0.15) is 0 Å². The molecule has 0 aliphatic heterocycles. The van der Waals surface area contributed by atoms with Gasteiger partial charge in [0.25, 0.3) is 0 Å². The van der Waals surface area contributed by atoms with Gasteiger partial charge < -0.3 is 10.6 Å². The summed E-state index contributed by atoms with van der Waals surface area (Å²) in [4.78, 5) is 23.1. The number of amides is 1. The molecule has 0 fully saturated rings. The number of anilines is 1. The van der Waals surface area contributed by atoms with E-state index in [1.807, 2.05) is 37.3 Å². The number of ketones is 1. The average Bonchev–Trinajstić information content (AvgIpc) is 2.52. The second-order valence-corrected chi connectivity index (χ2v) is 5.25. The molecule has 0 saturated heterocycles. The lowest BCUT2D eigenvalue weighted by atomic mass is 10.1. The largest absolute Gasteiger partial charge is 0.376 e. The number of hydrogen-bond acceptors (Lipinski definition) is 3. The van der Waals surface area contributed by atoms with E-state index >= 15 is 0 Å². The molecule has 2 N–H and O–H groups in total. The van der Waals surface area contributed by atoms with Gasteiger partial charge in [-0.25, -0.2) is 0 Å². The average molecular weight is 296 g/mol. The third kappa shape index (κ3) is 4.74. The first kappa shape index (κ1) is 15.8. The molecule has 0 bridgehead atoms. The Labute approximate surface area is 130 Å². The Hall–Kier alpha value is -2.62. The number of hydrogen-bond donors (Lipinski definition) is 2. The Morgan fingerprint density at radius 3 is 2.45 bits per heavy atom. The summed E-state index contributed by atoms with van der Waals surface area (Å²) in [7, 11) is 0. The molecule has 0 aliphatic rings. The van der Waals surface area contributed by atoms with Crippen LogP contribution in [-0.4, -0.2) is 18.2 Å². The Balaban J connectivity index is 1.81. The van der Waals surface area contributed by atoms with E-state index in [1.165, 1.54) is 12.5 Å². The Kier molecular flexibility index (Phi) is 5.31. The first-order valence-electron chi connectivity index (χ1n) is 7.22. The van der Waals surface area contributed by atoms with Gasteiger partial charge in [-0.2, -0.15) is 0 Å². The lowest BCUT2D eigenvalue weighted by Gasteiger charge is -2.09. The quantitative estimate of drug-likeness (QED) is 0.806. The van der Waals surface area contributed by atoms with Crippen molar-refractivity contribution >= 4 is 17.4 Å². The van der Waals surface area contributed by atoms with Crippen molar-refractivity contribution in [3.8, 4) is 0 Å². The van der Waals surface area contributed by atoms with Crippen molar-refractivity contribution in [2.75, 3.05) is 11.9 Å². The molecule has 2 aromatic carbocycles. The van der Waals surface area contributed by atoms with Gasteiger partial charge in [-0.05, 0) is 31.5 Å². The summed E-state index contributed by atoms with van der Waals surface area (Å²) in [6.45, 7) is 4.23. The molecule has 2 aromatic rings. The minimum atomic E-state index is -0.0891. The minimum absolute atomic E-state index is 0.00692. The van der Waals surface area contributed by atoms with Gasteiger partial charge >= 0.3 is 0 Å². The van der Waals surface area contributed by atoms with Crippen molar-refractivity contribution in [1.29, 1.82) is 0 Å². The topological polar surface area (TPSA) is 58.2 Å². The zero-order valence-electron chi connectivity index (χ0n) is 12.8. The maximum absolute atomic E-state index is 11.8. The second kappa shape index (κ2) is 7.41. The molecule has 0 unspecified atom stereocenters. The van der Waals surface area contributed by atoms with E-state index in [-0.39, 0.29) is 18.2 Å². The predicted octanol–water partition coefficient (Wildman–Crippen LogP) is 2.93. The maximum Gasteiger partial charge on any atom is 0.239 e. The van der Waals surface area contributed by atoms with Crippen LogP contribution in [0.15, 0.2) is 48.5 Å². The van der Waals surface area contributed by atoms with Gasteiger partial charge in [0.2, 0.25) is 5.91 Å². The summed E-state index contributed by atoms with van der Waals surface area (Å²) in [5.41, 5.74) is 3.66. The highest BCUT2D eigenvalue weighted by molar-refractivity contribution is 5.95. The Morgan fingerprint density at radius 1 is 1.05 bits per heavy atom. The van der Waals surface area contributed by atoms with Crippen LogP contribution in [0.25, 0.3) is 0 Å². The van der Waals surface area contributed by atoms with Crippen molar-refractivity contribution in [3.63, 3.8) is 0 Å². The highest BCUT2D eigenvalue weighted by atomic mass is 16.2. The summed E-state index contributed by atoms with van der Waals surface area (Å²) in [6, 6.07) is 15.2. The van der Waals surface area contributed by atoms with Crippen LogP contribution in [0, 0.1) is 6.92 Å². The fourth-order valence-corrected chi connectivity index (χ4v) is 2.00. The molecule has 0 aromatic heterocycles. The van der Waals surface area contributed by atoms with Gasteiger partial charge in [-0.1, -0.05) is 42.0 Å². The number of nitrogens with one attached hydrogen (secondary N) is 2. The molecule has 4 heteroatoms. The summed E-state index contributed by atoms with van der Waals surface area (Å²) >= 11 is 0. The zero-order chi connectivity index (χ0) is 15.9. The molecule has 2 rings (SSSR count). The molecule has 1 amide bonds. The van der Waals surface area contributed by atoms with Crippen LogP contribution in [0.3, 0.4) is 0 Å². The molecular weight excluding hydrogens is 276 g/mol. The third-order valence-electron chi connectivity index (χ3n) is 3.33. The standard InChI is InChI=1S/C18H20N2O2/c1-13-6-8-15(9-7-13)11-20-18(22)12-19-17-5-3-4-16(10-17)14(2)21/h3-10,19H,11-12H2,1-2H3,(H,20,22). The first-order valence-corrected chi connectivity index (χ1v) is 7.22. The molecule has 4 nitrogen and oxygen atoms in total. The summed E-state index contributed by atoms with van der Waals surface area (Å²) in [5.74, 6) is -0.0822. The normalized spacial score (nSPS) is 10.1. The number of Topliss-reactive ketones (excluding diaryl/α,β-unsaturated/α-hetero) is 1. The van der Waals surface area contributed by atoms with Crippen LogP contribution in [0.1, 0.15) is 28.4 Å². The summed E-state index contributed by atoms with van der Waals surface area (Å²) in [6.07, 6.45) is 0. The van der Waals surface area contributed by atoms with E-state index in [0.717, 1.165) is 11.3 Å². The molecule has 0 aliphatic carbocycles. The molecular formula is C18H20N2O2. The molecule has 0 radical (unpaired) electrons. The van der Waals surface area contributed by atoms with Crippen molar-refractivity contribution in [2.45, 2.75) is 20.4 Å². The fourth-order valence-electron chi connectivity index (χ4n) is 2.00. The van der Waals surface area contributed by atoms with Gasteiger partial charge in [0, 0.05) is 17.8 Å². The highest BCUT2D eigenvalue weighted by Crippen LogP contribution is 2.10. The van der Waals surface area contributed by atoms with Gasteiger partial charge in [-0.3, -0.25) is 9.59 Å². The van der Waals surface area contributed by atoms with Crippen molar-refractivity contribution in [2.24, 2.45) is 0 Å². The van der Waals surface area contributed by atoms with Crippen LogP contribution in [-0.2, 0) is 11.3 Å². The Bertz CT molecular complexity index is 663. The van der Waals surface area contributed by atoms with E-state index in [4.69, 9.17) is 0 Å². The van der Waals surface area contributed by atoms with E-state index in [1.54, 1.807) is 18.2 Å². The van der Waals surface area contributed by atoms with E-state index in [2.05, 4.69) is 10.6 Å². The zero-order valence-corrected chi connectivity index (χ0v) is 12.8. The van der Waals surface area contributed by atoms with Crippen LogP contribution >= 0.6 is 0 Å². The number of rotatable bonds is 6. The lowest BCUT2D eigenvalue weighted by Crippen LogP contribution is -2.29. The van der Waals surface area contributed by atoms with Crippen LogP contribution in [0.2, 0.25) is 0 Å². The number of aryl methyl sites for hydroxylation is 1. The second-order valence-electron chi connectivity index (χ2n) is 5.25.